The first-order valence-corrected chi connectivity index (χ1v) is 6.24. The van der Waals surface area contributed by atoms with Crippen molar-refractivity contribution in [1.82, 2.24) is 4.90 Å². The third-order valence-electron chi connectivity index (χ3n) is 3.38. The second kappa shape index (κ2) is 6.86. The fraction of sp³-hybridized carbons (Fsp3) is 0.917. The van der Waals surface area contributed by atoms with Crippen molar-refractivity contribution in [1.29, 1.82) is 0 Å². The Morgan fingerprint density at radius 2 is 2.12 bits per heavy atom. The second-order valence-corrected chi connectivity index (χ2v) is 5.06. The van der Waals surface area contributed by atoms with E-state index in [0.29, 0.717) is 6.54 Å². The molecule has 1 aliphatic rings. The van der Waals surface area contributed by atoms with Crippen molar-refractivity contribution < 1.29 is 9.90 Å². The number of carboxylic acid groups (broad SMARTS) is 1. The average Bonchev–Trinajstić information content (AvgIpc) is 2.65. The number of rotatable bonds is 7. The minimum absolute atomic E-state index is 0.0633. The van der Waals surface area contributed by atoms with E-state index in [9.17, 15) is 4.79 Å². The van der Waals surface area contributed by atoms with Crippen molar-refractivity contribution in [3.05, 3.63) is 0 Å². The lowest BCUT2D eigenvalue weighted by molar-refractivity contribution is -0.137. The molecule has 1 rings (SSSR count). The Hall–Kier alpha value is -0.610. The van der Waals surface area contributed by atoms with Crippen LogP contribution in [0, 0.1) is 5.92 Å². The van der Waals surface area contributed by atoms with E-state index in [2.05, 4.69) is 4.90 Å². The van der Waals surface area contributed by atoms with Crippen LogP contribution in [0.2, 0.25) is 0 Å². The van der Waals surface area contributed by atoms with E-state index in [4.69, 9.17) is 10.8 Å². The molecule has 0 heterocycles. The Kier molecular flexibility index (Phi) is 5.77. The quantitative estimate of drug-likeness (QED) is 0.689. The van der Waals surface area contributed by atoms with E-state index in [1.54, 1.807) is 0 Å². The first-order valence-electron chi connectivity index (χ1n) is 6.24. The van der Waals surface area contributed by atoms with Crippen LogP contribution in [0.5, 0.6) is 0 Å². The van der Waals surface area contributed by atoms with Gasteiger partial charge in [-0.05, 0) is 25.9 Å². The molecule has 0 bridgehead atoms. The van der Waals surface area contributed by atoms with E-state index >= 15 is 0 Å². The predicted molar refractivity (Wildman–Crippen MR) is 64.3 cm³/mol. The number of nitrogens with zero attached hydrogens (tertiary/aromatic N) is 1. The monoisotopic (exact) mass is 228 g/mol. The molecule has 1 unspecified atom stereocenters. The van der Waals surface area contributed by atoms with Crippen molar-refractivity contribution in [2.24, 2.45) is 11.7 Å². The lowest BCUT2D eigenvalue weighted by atomic mass is 10.0. The molecule has 0 aromatic carbocycles. The summed E-state index contributed by atoms with van der Waals surface area (Å²) in [4.78, 5) is 12.6. The van der Waals surface area contributed by atoms with Gasteiger partial charge in [0.15, 0.2) is 0 Å². The van der Waals surface area contributed by atoms with Crippen molar-refractivity contribution in [3.63, 3.8) is 0 Å². The molecule has 16 heavy (non-hydrogen) atoms. The van der Waals surface area contributed by atoms with E-state index in [0.717, 1.165) is 12.5 Å². The molecule has 0 aromatic rings. The summed E-state index contributed by atoms with van der Waals surface area (Å²) in [5, 5.41) is 8.60. The maximum atomic E-state index is 10.5. The van der Waals surface area contributed by atoms with Crippen LogP contribution in [0.15, 0.2) is 0 Å². The number of aliphatic carboxylic acids is 1. The molecule has 0 spiro atoms. The Morgan fingerprint density at radius 3 is 2.69 bits per heavy atom. The van der Waals surface area contributed by atoms with Crippen LogP contribution in [0.4, 0.5) is 0 Å². The number of hydrogen-bond donors (Lipinski definition) is 2. The minimum Gasteiger partial charge on any atom is -0.481 e. The molecule has 0 amide bonds. The van der Waals surface area contributed by atoms with Crippen molar-refractivity contribution in [2.45, 2.75) is 44.6 Å². The highest BCUT2D eigenvalue weighted by atomic mass is 16.4. The van der Waals surface area contributed by atoms with Crippen LogP contribution in [-0.4, -0.2) is 42.2 Å². The smallest absolute Gasteiger partial charge is 0.304 e. The summed E-state index contributed by atoms with van der Waals surface area (Å²) in [6.07, 6.45) is 6.80. The molecular weight excluding hydrogens is 204 g/mol. The number of hydrogen-bond acceptors (Lipinski definition) is 3. The summed E-state index contributed by atoms with van der Waals surface area (Å²) >= 11 is 0. The Bertz CT molecular complexity index is 215. The van der Waals surface area contributed by atoms with Crippen molar-refractivity contribution in [2.75, 3.05) is 20.1 Å². The largest absolute Gasteiger partial charge is 0.481 e. The van der Waals surface area contributed by atoms with Gasteiger partial charge < -0.3 is 15.7 Å². The molecule has 0 aliphatic heterocycles. The summed E-state index contributed by atoms with van der Waals surface area (Å²) < 4.78 is 0. The number of carboxylic acids is 1. The van der Waals surface area contributed by atoms with Gasteiger partial charge in [-0.1, -0.05) is 25.7 Å². The van der Waals surface area contributed by atoms with Crippen LogP contribution in [0.25, 0.3) is 0 Å². The first-order chi connectivity index (χ1) is 7.58. The highest BCUT2D eigenvalue weighted by Crippen LogP contribution is 2.27. The number of likely N-dealkylation sites (N-methyl/N-ethyl adjacent to an activating group) is 1. The molecule has 0 saturated heterocycles. The molecule has 1 fully saturated rings. The zero-order valence-electron chi connectivity index (χ0n) is 10.2. The molecule has 1 aliphatic carbocycles. The third-order valence-corrected chi connectivity index (χ3v) is 3.38. The average molecular weight is 228 g/mol. The van der Waals surface area contributed by atoms with Crippen LogP contribution in [0.3, 0.4) is 0 Å². The van der Waals surface area contributed by atoms with Crippen LogP contribution in [-0.2, 0) is 4.79 Å². The lowest BCUT2D eigenvalue weighted by Gasteiger charge is -2.21. The van der Waals surface area contributed by atoms with Crippen molar-refractivity contribution in [3.8, 4) is 0 Å². The predicted octanol–water partition coefficient (Wildman–Crippen LogP) is 1.30. The highest BCUT2D eigenvalue weighted by Gasteiger charge is 2.16. The summed E-state index contributed by atoms with van der Waals surface area (Å²) in [5.41, 5.74) is 5.74. The zero-order valence-corrected chi connectivity index (χ0v) is 10.2. The Balaban J connectivity index is 2.09. The first kappa shape index (κ1) is 13.5. The SMILES string of the molecule is CN(CCC1CCCC1)CC(N)CC(=O)O. The van der Waals surface area contributed by atoms with Gasteiger partial charge in [0, 0.05) is 12.6 Å². The molecule has 4 heteroatoms. The summed E-state index contributed by atoms with van der Waals surface area (Å²) in [5.74, 6) is 0.0786. The van der Waals surface area contributed by atoms with Gasteiger partial charge >= 0.3 is 5.97 Å². The Morgan fingerprint density at radius 1 is 1.50 bits per heavy atom. The minimum atomic E-state index is -0.809. The maximum absolute atomic E-state index is 10.5. The molecule has 4 nitrogen and oxygen atoms in total. The summed E-state index contributed by atoms with van der Waals surface area (Å²) in [6.45, 7) is 1.72. The standard InChI is InChI=1S/C12H24N2O2/c1-14(9-11(13)8-12(15)16)7-6-10-4-2-3-5-10/h10-11H,2-9,13H2,1H3,(H,15,16). The van der Waals surface area contributed by atoms with E-state index in [-0.39, 0.29) is 12.5 Å². The normalized spacial score (nSPS) is 19.2. The molecule has 0 radical (unpaired) electrons. The molecule has 94 valence electrons. The van der Waals surface area contributed by atoms with E-state index in [1.165, 1.54) is 32.1 Å². The van der Waals surface area contributed by atoms with Gasteiger partial charge in [0.1, 0.15) is 0 Å². The fourth-order valence-corrected chi connectivity index (χ4v) is 2.48. The van der Waals surface area contributed by atoms with Gasteiger partial charge in [-0.25, -0.2) is 0 Å². The van der Waals surface area contributed by atoms with Gasteiger partial charge in [0.2, 0.25) is 0 Å². The van der Waals surface area contributed by atoms with Crippen LogP contribution < -0.4 is 5.73 Å². The maximum Gasteiger partial charge on any atom is 0.304 e. The van der Waals surface area contributed by atoms with Gasteiger partial charge in [-0.15, -0.1) is 0 Å². The van der Waals surface area contributed by atoms with Gasteiger partial charge in [-0.3, -0.25) is 4.79 Å². The highest BCUT2D eigenvalue weighted by molar-refractivity contribution is 5.67. The van der Waals surface area contributed by atoms with Gasteiger partial charge in [-0.2, -0.15) is 0 Å². The number of nitrogens with two attached hydrogens (primary N) is 1. The van der Waals surface area contributed by atoms with Crippen LogP contribution >= 0.6 is 0 Å². The third kappa shape index (κ3) is 5.47. The van der Waals surface area contributed by atoms with Gasteiger partial charge in [0.05, 0.1) is 6.42 Å². The summed E-state index contributed by atoms with van der Waals surface area (Å²) in [6, 6.07) is -0.244. The van der Waals surface area contributed by atoms with Crippen molar-refractivity contribution >= 4 is 5.97 Å². The molecule has 0 aromatic heterocycles. The zero-order chi connectivity index (χ0) is 12.0. The molecule has 1 saturated carbocycles. The Labute approximate surface area is 97.8 Å². The van der Waals surface area contributed by atoms with E-state index < -0.39 is 5.97 Å². The van der Waals surface area contributed by atoms with Gasteiger partial charge in [0.25, 0.3) is 0 Å². The van der Waals surface area contributed by atoms with E-state index in [1.807, 2.05) is 7.05 Å². The topological polar surface area (TPSA) is 66.6 Å². The number of carbonyl (C=O) groups is 1. The fourth-order valence-electron chi connectivity index (χ4n) is 2.48. The van der Waals surface area contributed by atoms with Crippen LogP contribution in [0.1, 0.15) is 38.5 Å². The second-order valence-electron chi connectivity index (χ2n) is 5.06. The summed E-state index contributed by atoms with van der Waals surface area (Å²) in [7, 11) is 2.02. The lowest BCUT2D eigenvalue weighted by Crippen LogP contribution is -2.37. The molecule has 3 N–H and O–H groups in total. The molecular formula is C12H24N2O2. The molecule has 1 atom stereocenters.